The summed E-state index contributed by atoms with van der Waals surface area (Å²) in [5.41, 5.74) is 5.78. The number of anilines is 1. The Balaban J connectivity index is 1.95. The molecule has 27 heavy (non-hydrogen) atoms. The predicted molar refractivity (Wildman–Crippen MR) is 112 cm³/mol. The molecule has 0 radical (unpaired) electrons. The van der Waals surface area contributed by atoms with Crippen molar-refractivity contribution >= 4 is 11.8 Å². The Bertz CT molecular complexity index is 954. The second-order valence-electron chi connectivity index (χ2n) is 7.57. The van der Waals surface area contributed by atoms with Crippen LogP contribution in [0.5, 0.6) is 0 Å². The minimum Gasteiger partial charge on any atom is -0.444 e. The van der Waals surface area contributed by atoms with Crippen molar-refractivity contribution in [1.29, 1.82) is 0 Å². The number of para-hydroxylation sites is 1. The van der Waals surface area contributed by atoms with Gasteiger partial charge in [0.1, 0.15) is 5.60 Å². The highest BCUT2D eigenvalue weighted by Gasteiger charge is 2.17. The van der Waals surface area contributed by atoms with Crippen molar-refractivity contribution in [2.75, 3.05) is 5.32 Å². The van der Waals surface area contributed by atoms with E-state index in [4.69, 9.17) is 4.74 Å². The third kappa shape index (κ3) is 4.76. The van der Waals surface area contributed by atoms with Crippen LogP contribution < -0.4 is 5.32 Å². The molecule has 3 aromatic carbocycles. The fraction of sp³-hybridized carbons (Fsp3) is 0.208. The van der Waals surface area contributed by atoms with E-state index >= 15 is 0 Å². The van der Waals surface area contributed by atoms with Gasteiger partial charge in [0.25, 0.3) is 0 Å². The topological polar surface area (TPSA) is 38.3 Å². The van der Waals surface area contributed by atoms with Crippen molar-refractivity contribution in [2.24, 2.45) is 0 Å². The van der Waals surface area contributed by atoms with E-state index in [1.807, 2.05) is 63.2 Å². The van der Waals surface area contributed by atoms with Gasteiger partial charge in [0.05, 0.1) is 5.69 Å². The van der Waals surface area contributed by atoms with Gasteiger partial charge in [-0.1, -0.05) is 60.7 Å². The molecule has 0 unspecified atom stereocenters. The summed E-state index contributed by atoms with van der Waals surface area (Å²) in [5, 5.41) is 2.88. The van der Waals surface area contributed by atoms with E-state index in [1.54, 1.807) is 0 Å². The second kappa shape index (κ2) is 7.67. The Labute approximate surface area is 161 Å². The predicted octanol–water partition coefficient (Wildman–Crippen LogP) is 6.68. The average molecular weight is 359 g/mol. The lowest BCUT2D eigenvalue weighted by Gasteiger charge is -2.20. The summed E-state index contributed by atoms with van der Waals surface area (Å²) in [7, 11) is 0. The van der Waals surface area contributed by atoms with Gasteiger partial charge in [0, 0.05) is 5.56 Å². The Morgan fingerprint density at radius 1 is 0.815 bits per heavy atom. The molecule has 0 fully saturated rings. The zero-order valence-electron chi connectivity index (χ0n) is 16.2. The first kappa shape index (κ1) is 18.7. The number of carbonyl (C=O) groups is 1. The third-order valence-corrected chi connectivity index (χ3v) is 4.19. The lowest BCUT2D eigenvalue weighted by atomic mass is 9.96. The minimum absolute atomic E-state index is 0.454. The Kier molecular flexibility index (Phi) is 5.31. The normalized spacial score (nSPS) is 11.1. The monoisotopic (exact) mass is 359 g/mol. The molecular weight excluding hydrogens is 334 g/mol. The van der Waals surface area contributed by atoms with Gasteiger partial charge in [-0.25, -0.2) is 4.79 Å². The summed E-state index contributed by atoms with van der Waals surface area (Å²) in [5.74, 6) is 0. The quantitative estimate of drug-likeness (QED) is 0.566. The molecule has 0 atom stereocenters. The third-order valence-electron chi connectivity index (χ3n) is 4.19. The van der Waals surface area contributed by atoms with Crippen LogP contribution in [0.15, 0.2) is 72.8 Å². The summed E-state index contributed by atoms with van der Waals surface area (Å²) in [4.78, 5) is 12.2. The molecule has 0 heterocycles. The maximum atomic E-state index is 12.2. The summed E-state index contributed by atoms with van der Waals surface area (Å²) >= 11 is 0. The fourth-order valence-corrected chi connectivity index (χ4v) is 3.01. The van der Waals surface area contributed by atoms with E-state index in [0.29, 0.717) is 0 Å². The number of rotatable bonds is 3. The zero-order chi connectivity index (χ0) is 19.4. The van der Waals surface area contributed by atoms with Crippen molar-refractivity contribution < 1.29 is 9.53 Å². The largest absolute Gasteiger partial charge is 0.444 e. The average Bonchev–Trinajstić information content (AvgIpc) is 2.61. The highest BCUT2D eigenvalue weighted by Crippen LogP contribution is 2.32. The lowest BCUT2D eigenvalue weighted by Crippen LogP contribution is -2.27. The smallest absolute Gasteiger partial charge is 0.412 e. The van der Waals surface area contributed by atoms with Gasteiger partial charge in [0.2, 0.25) is 0 Å². The highest BCUT2D eigenvalue weighted by atomic mass is 16.6. The van der Waals surface area contributed by atoms with Crippen LogP contribution in [0.25, 0.3) is 22.3 Å². The molecule has 0 spiro atoms. The number of benzene rings is 3. The molecule has 3 aromatic rings. The van der Waals surface area contributed by atoms with Crippen LogP contribution in [-0.2, 0) is 4.74 Å². The highest BCUT2D eigenvalue weighted by molar-refractivity contribution is 5.92. The van der Waals surface area contributed by atoms with Crippen LogP contribution in [0.3, 0.4) is 0 Å². The molecule has 0 saturated heterocycles. The van der Waals surface area contributed by atoms with Crippen molar-refractivity contribution in [3.05, 3.63) is 78.4 Å². The van der Waals surface area contributed by atoms with E-state index in [1.165, 1.54) is 11.1 Å². The number of ether oxygens (including phenoxy) is 1. The lowest BCUT2D eigenvalue weighted by molar-refractivity contribution is 0.0636. The number of nitrogens with one attached hydrogen (secondary N) is 1. The summed E-state index contributed by atoms with van der Waals surface area (Å²) in [6.07, 6.45) is -0.454. The standard InChI is InChI=1S/C24H25NO2/c1-17-10-5-6-13-20(17)18-11-9-12-19(16-18)21-14-7-8-15-22(21)25-23(26)27-24(2,3)4/h5-16H,1-4H3,(H,25,26). The fourth-order valence-electron chi connectivity index (χ4n) is 3.01. The van der Waals surface area contributed by atoms with Crippen LogP contribution in [-0.4, -0.2) is 11.7 Å². The Hall–Kier alpha value is -3.07. The van der Waals surface area contributed by atoms with Crippen LogP contribution >= 0.6 is 0 Å². The molecule has 3 heteroatoms. The summed E-state index contributed by atoms with van der Waals surface area (Å²) < 4.78 is 5.39. The van der Waals surface area contributed by atoms with Gasteiger partial charge < -0.3 is 4.74 Å². The molecule has 0 aliphatic carbocycles. The van der Waals surface area contributed by atoms with Gasteiger partial charge >= 0.3 is 6.09 Å². The molecule has 1 N–H and O–H groups in total. The van der Waals surface area contributed by atoms with Gasteiger partial charge in [-0.2, -0.15) is 0 Å². The molecule has 0 bridgehead atoms. The minimum atomic E-state index is -0.538. The van der Waals surface area contributed by atoms with Crippen molar-refractivity contribution in [2.45, 2.75) is 33.3 Å². The molecular formula is C24H25NO2. The van der Waals surface area contributed by atoms with E-state index in [2.05, 4.69) is 42.6 Å². The molecule has 3 nitrogen and oxygen atoms in total. The first-order chi connectivity index (χ1) is 12.8. The van der Waals surface area contributed by atoms with Gasteiger partial charge in [0.15, 0.2) is 0 Å². The van der Waals surface area contributed by atoms with Gasteiger partial charge in [-0.3, -0.25) is 5.32 Å². The van der Waals surface area contributed by atoms with E-state index < -0.39 is 11.7 Å². The van der Waals surface area contributed by atoms with Crippen LogP contribution in [0.4, 0.5) is 10.5 Å². The number of aryl methyl sites for hydroxylation is 1. The molecule has 0 saturated carbocycles. The summed E-state index contributed by atoms with van der Waals surface area (Å²) in [6, 6.07) is 24.4. The first-order valence-electron chi connectivity index (χ1n) is 9.09. The van der Waals surface area contributed by atoms with E-state index in [-0.39, 0.29) is 0 Å². The van der Waals surface area contributed by atoms with Crippen molar-refractivity contribution in [1.82, 2.24) is 0 Å². The zero-order valence-corrected chi connectivity index (χ0v) is 16.2. The van der Waals surface area contributed by atoms with Crippen LogP contribution in [0.1, 0.15) is 26.3 Å². The summed E-state index contributed by atoms with van der Waals surface area (Å²) in [6.45, 7) is 7.67. The van der Waals surface area contributed by atoms with Crippen molar-refractivity contribution in [3.8, 4) is 22.3 Å². The molecule has 1 amide bonds. The number of hydrogen-bond acceptors (Lipinski definition) is 2. The molecule has 0 aromatic heterocycles. The number of amides is 1. The molecule has 0 aliphatic rings. The van der Waals surface area contributed by atoms with Crippen molar-refractivity contribution in [3.63, 3.8) is 0 Å². The SMILES string of the molecule is Cc1ccccc1-c1cccc(-c2ccccc2NC(=O)OC(C)(C)C)c1. The first-order valence-corrected chi connectivity index (χ1v) is 9.09. The number of hydrogen-bond donors (Lipinski definition) is 1. The van der Waals surface area contributed by atoms with E-state index in [9.17, 15) is 4.79 Å². The Morgan fingerprint density at radius 2 is 1.41 bits per heavy atom. The van der Waals surface area contributed by atoms with Gasteiger partial charge in [-0.15, -0.1) is 0 Å². The van der Waals surface area contributed by atoms with Crippen LogP contribution in [0, 0.1) is 6.92 Å². The van der Waals surface area contributed by atoms with E-state index in [0.717, 1.165) is 22.4 Å². The second-order valence-corrected chi connectivity index (χ2v) is 7.57. The maximum Gasteiger partial charge on any atom is 0.412 e. The maximum absolute atomic E-state index is 12.2. The molecule has 0 aliphatic heterocycles. The number of carbonyl (C=O) groups excluding carboxylic acids is 1. The molecule has 3 rings (SSSR count). The van der Waals surface area contributed by atoms with Crippen LogP contribution in [0.2, 0.25) is 0 Å². The van der Waals surface area contributed by atoms with Gasteiger partial charge in [-0.05, 0) is 62.1 Å². The Morgan fingerprint density at radius 3 is 2.07 bits per heavy atom. The molecule has 138 valence electrons.